The highest BCUT2D eigenvalue weighted by Crippen LogP contribution is 2.29. The van der Waals surface area contributed by atoms with Crippen LogP contribution in [0.5, 0.6) is 0 Å². The van der Waals surface area contributed by atoms with Gasteiger partial charge in [0.2, 0.25) is 11.8 Å². The maximum Gasteiger partial charge on any atom is 0.234 e. The normalized spacial score (nSPS) is 27.1. The third kappa shape index (κ3) is 2.74. The fourth-order valence-corrected chi connectivity index (χ4v) is 2.98. The van der Waals surface area contributed by atoms with Gasteiger partial charge in [0, 0.05) is 19.6 Å². The molecule has 1 N–H and O–H groups in total. The van der Waals surface area contributed by atoms with Crippen molar-refractivity contribution in [3.05, 3.63) is 0 Å². The summed E-state index contributed by atoms with van der Waals surface area (Å²) in [4.78, 5) is 25.6. The molecule has 0 spiro atoms. The van der Waals surface area contributed by atoms with Crippen molar-refractivity contribution >= 4 is 11.8 Å². The van der Waals surface area contributed by atoms with Crippen LogP contribution < -0.4 is 5.32 Å². The quantitative estimate of drug-likeness (QED) is 0.552. The maximum atomic E-state index is 12.0. The largest absolute Gasteiger partial charge is 0.315 e. The van der Waals surface area contributed by atoms with Gasteiger partial charge in [-0.2, -0.15) is 0 Å². The molecule has 2 atom stereocenters. The summed E-state index contributed by atoms with van der Waals surface area (Å²) in [6.07, 6.45) is 7.13. The molecule has 0 radical (unpaired) electrons. The number of carbonyl (C=O) groups excluding carboxylic acids is 2. The molecule has 2 amide bonds. The van der Waals surface area contributed by atoms with Crippen LogP contribution in [0, 0.1) is 11.8 Å². The van der Waals surface area contributed by atoms with E-state index in [1.807, 2.05) is 0 Å². The molecule has 2 fully saturated rings. The summed E-state index contributed by atoms with van der Waals surface area (Å²) in [5.74, 6) is -0.0256. The molecule has 2 saturated heterocycles. The molecule has 18 heavy (non-hydrogen) atoms. The monoisotopic (exact) mass is 252 g/mol. The lowest BCUT2D eigenvalue weighted by atomic mass is 10.00. The van der Waals surface area contributed by atoms with Gasteiger partial charge in [-0.3, -0.25) is 14.5 Å². The molecule has 0 saturated carbocycles. The van der Waals surface area contributed by atoms with Crippen LogP contribution in [0.25, 0.3) is 0 Å². The summed E-state index contributed by atoms with van der Waals surface area (Å²) in [6.45, 7) is 4.20. The Labute approximate surface area is 109 Å². The van der Waals surface area contributed by atoms with Crippen molar-refractivity contribution in [3.63, 3.8) is 0 Å². The van der Waals surface area contributed by atoms with Crippen LogP contribution in [0.3, 0.4) is 0 Å². The predicted octanol–water partition coefficient (Wildman–Crippen LogP) is 1.55. The number of rotatable bonds is 7. The zero-order valence-corrected chi connectivity index (χ0v) is 11.3. The molecule has 0 unspecified atom stereocenters. The summed E-state index contributed by atoms with van der Waals surface area (Å²) >= 11 is 0. The Morgan fingerprint density at radius 2 is 1.56 bits per heavy atom. The number of unbranched alkanes of at least 4 members (excludes halogenated alkanes) is 5. The van der Waals surface area contributed by atoms with Crippen molar-refractivity contribution in [2.24, 2.45) is 11.8 Å². The van der Waals surface area contributed by atoms with Gasteiger partial charge in [-0.1, -0.05) is 39.0 Å². The van der Waals surface area contributed by atoms with E-state index in [9.17, 15) is 9.59 Å². The Kier molecular flexibility index (Phi) is 4.75. The molecule has 0 bridgehead atoms. The van der Waals surface area contributed by atoms with E-state index in [1.54, 1.807) is 0 Å². The minimum absolute atomic E-state index is 0.0589. The van der Waals surface area contributed by atoms with E-state index in [2.05, 4.69) is 12.2 Å². The van der Waals surface area contributed by atoms with Gasteiger partial charge in [0.1, 0.15) is 0 Å². The molecule has 102 valence electrons. The van der Waals surface area contributed by atoms with E-state index in [0.29, 0.717) is 19.6 Å². The van der Waals surface area contributed by atoms with Crippen LogP contribution in [0.4, 0.5) is 0 Å². The second kappa shape index (κ2) is 6.32. The van der Waals surface area contributed by atoms with E-state index in [1.165, 1.54) is 30.6 Å². The lowest BCUT2D eigenvalue weighted by Gasteiger charge is -2.15. The summed E-state index contributed by atoms with van der Waals surface area (Å²) < 4.78 is 0. The summed E-state index contributed by atoms with van der Waals surface area (Å²) in [5, 5.41) is 3.13. The van der Waals surface area contributed by atoms with Crippen molar-refractivity contribution in [3.8, 4) is 0 Å². The maximum absolute atomic E-state index is 12.0. The lowest BCUT2D eigenvalue weighted by Crippen LogP contribution is -2.35. The first-order valence-electron chi connectivity index (χ1n) is 7.31. The standard InChI is InChI=1S/C14H24N2O2/c1-2-3-4-5-6-7-8-16-13(17)11-9-15-10-12(11)14(16)18/h11-12,15H,2-10H2,1H3/t11-,12+. The first kappa shape index (κ1) is 13.5. The van der Waals surface area contributed by atoms with Gasteiger partial charge in [-0.15, -0.1) is 0 Å². The zero-order valence-electron chi connectivity index (χ0n) is 11.3. The second-order valence-electron chi connectivity index (χ2n) is 5.47. The molecule has 0 aliphatic carbocycles. The molecule has 2 aliphatic heterocycles. The highest BCUT2D eigenvalue weighted by atomic mass is 16.2. The van der Waals surface area contributed by atoms with Crippen LogP contribution >= 0.6 is 0 Å². The Balaban J connectivity index is 1.70. The molecular weight excluding hydrogens is 228 g/mol. The second-order valence-corrected chi connectivity index (χ2v) is 5.47. The first-order valence-corrected chi connectivity index (χ1v) is 7.31. The van der Waals surface area contributed by atoms with Crippen molar-refractivity contribution in [2.45, 2.75) is 45.4 Å². The van der Waals surface area contributed by atoms with E-state index >= 15 is 0 Å². The highest BCUT2D eigenvalue weighted by molar-refractivity contribution is 6.05. The predicted molar refractivity (Wildman–Crippen MR) is 69.9 cm³/mol. The van der Waals surface area contributed by atoms with Crippen LogP contribution in [-0.4, -0.2) is 36.3 Å². The van der Waals surface area contributed by atoms with Gasteiger partial charge in [0.25, 0.3) is 0 Å². The number of imide groups is 1. The Morgan fingerprint density at radius 1 is 1.00 bits per heavy atom. The van der Waals surface area contributed by atoms with Crippen molar-refractivity contribution in [2.75, 3.05) is 19.6 Å². The number of amides is 2. The number of nitrogens with one attached hydrogen (secondary N) is 1. The minimum Gasteiger partial charge on any atom is -0.315 e. The van der Waals surface area contributed by atoms with Crippen LogP contribution in [0.1, 0.15) is 45.4 Å². The molecule has 2 rings (SSSR count). The molecule has 4 nitrogen and oxygen atoms in total. The summed E-state index contributed by atoms with van der Waals surface area (Å²) in [7, 11) is 0. The molecule has 0 aromatic carbocycles. The Bertz CT molecular complexity index is 295. The lowest BCUT2D eigenvalue weighted by molar-refractivity contribution is -0.140. The molecule has 2 aliphatic rings. The summed E-state index contributed by atoms with van der Waals surface area (Å²) in [5.41, 5.74) is 0. The van der Waals surface area contributed by atoms with Gasteiger partial charge in [0.05, 0.1) is 11.8 Å². The summed E-state index contributed by atoms with van der Waals surface area (Å²) in [6, 6.07) is 0. The van der Waals surface area contributed by atoms with Crippen molar-refractivity contribution in [1.29, 1.82) is 0 Å². The molecule has 2 heterocycles. The van der Waals surface area contributed by atoms with Crippen LogP contribution in [-0.2, 0) is 9.59 Å². The average Bonchev–Trinajstić information content (AvgIpc) is 2.92. The molecule has 0 aromatic heterocycles. The zero-order chi connectivity index (χ0) is 13.0. The highest BCUT2D eigenvalue weighted by Gasteiger charge is 2.49. The van der Waals surface area contributed by atoms with Crippen LogP contribution in [0.2, 0.25) is 0 Å². The fraction of sp³-hybridized carbons (Fsp3) is 0.857. The van der Waals surface area contributed by atoms with E-state index in [4.69, 9.17) is 0 Å². The third-order valence-corrected chi connectivity index (χ3v) is 4.12. The van der Waals surface area contributed by atoms with Gasteiger partial charge in [-0.05, 0) is 6.42 Å². The van der Waals surface area contributed by atoms with Crippen molar-refractivity contribution < 1.29 is 9.59 Å². The number of hydrogen-bond acceptors (Lipinski definition) is 3. The van der Waals surface area contributed by atoms with E-state index in [0.717, 1.165) is 12.8 Å². The van der Waals surface area contributed by atoms with Crippen LogP contribution in [0.15, 0.2) is 0 Å². The molecular formula is C14H24N2O2. The number of nitrogens with zero attached hydrogens (tertiary/aromatic N) is 1. The number of likely N-dealkylation sites (tertiary alicyclic amines) is 1. The minimum atomic E-state index is -0.0717. The van der Waals surface area contributed by atoms with Crippen molar-refractivity contribution in [1.82, 2.24) is 10.2 Å². The fourth-order valence-electron chi connectivity index (χ4n) is 2.98. The van der Waals surface area contributed by atoms with Gasteiger partial charge < -0.3 is 5.32 Å². The number of hydrogen-bond donors (Lipinski definition) is 1. The first-order chi connectivity index (χ1) is 8.75. The number of carbonyl (C=O) groups is 2. The Hall–Kier alpha value is -0.900. The third-order valence-electron chi connectivity index (χ3n) is 4.12. The van der Waals surface area contributed by atoms with E-state index in [-0.39, 0.29) is 23.7 Å². The Morgan fingerprint density at radius 3 is 2.17 bits per heavy atom. The number of fused-ring (bicyclic) bond motifs is 1. The SMILES string of the molecule is CCCCCCCCN1C(=O)[C@H]2CNC[C@H]2C1=O. The van der Waals surface area contributed by atoms with Gasteiger partial charge in [-0.25, -0.2) is 0 Å². The molecule has 4 heteroatoms. The topological polar surface area (TPSA) is 49.4 Å². The van der Waals surface area contributed by atoms with Gasteiger partial charge in [0.15, 0.2) is 0 Å². The molecule has 0 aromatic rings. The van der Waals surface area contributed by atoms with Gasteiger partial charge >= 0.3 is 0 Å². The smallest absolute Gasteiger partial charge is 0.234 e. The van der Waals surface area contributed by atoms with E-state index < -0.39 is 0 Å². The average molecular weight is 252 g/mol.